The van der Waals surface area contributed by atoms with E-state index in [0.717, 1.165) is 11.8 Å². The van der Waals surface area contributed by atoms with Crippen LogP contribution in [-0.4, -0.2) is 26.0 Å². The third kappa shape index (κ3) is 2.20. The van der Waals surface area contributed by atoms with Gasteiger partial charge in [0.2, 0.25) is 0 Å². The summed E-state index contributed by atoms with van der Waals surface area (Å²) < 4.78 is 1.19. The molecule has 0 saturated carbocycles. The number of aromatic carboxylic acids is 1. The second-order valence-electron chi connectivity index (χ2n) is 3.55. The summed E-state index contributed by atoms with van der Waals surface area (Å²) in [5.74, 6) is -1.12. The SMILES string of the molecule is O=C(O)c1c[nH]n(Cc2ccc(O)cc2)c1=O. The number of nitrogens with one attached hydrogen (secondary N) is 1. The molecule has 6 nitrogen and oxygen atoms in total. The molecule has 1 aromatic heterocycles. The highest BCUT2D eigenvalue weighted by atomic mass is 16.4. The number of hydrogen-bond acceptors (Lipinski definition) is 3. The minimum Gasteiger partial charge on any atom is -0.508 e. The number of hydrogen-bond donors (Lipinski definition) is 3. The molecule has 0 radical (unpaired) electrons. The molecular formula is C11H10N2O4. The van der Waals surface area contributed by atoms with Crippen molar-refractivity contribution in [2.45, 2.75) is 6.54 Å². The first-order valence-corrected chi connectivity index (χ1v) is 4.87. The van der Waals surface area contributed by atoms with Crippen LogP contribution in [0.1, 0.15) is 15.9 Å². The second-order valence-corrected chi connectivity index (χ2v) is 3.55. The molecule has 0 unspecified atom stereocenters. The highest BCUT2D eigenvalue weighted by Crippen LogP contribution is 2.09. The largest absolute Gasteiger partial charge is 0.508 e. The molecule has 17 heavy (non-hydrogen) atoms. The molecule has 0 spiro atoms. The molecule has 0 saturated heterocycles. The third-order valence-electron chi connectivity index (χ3n) is 2.35. The molecule has 0 amide bonds. The highest BCUT2D eigenvalue weighted by Gasteiger charge is 2.12. The van der Waals surface area contributed by atoms with Gasteiger partial charge in [-0.1, -0.05) is 12.1 Å². The summed E-state index contributed by atoms with van der Waals surface area (Å²) >= 11 is 0. The average Bonchev–Trinajstić information content (AvgIpc) is 2.64. The molecule has 2 rings (SSSR count). The van der Waals surface area contributed by atoms with E-state index in [9.17, 15) is 9.59 Å². The van der Waals surface area contributed by atoms with E-state index < -0.39 is 11.5 Å². The Bertz CT molecular complexity index is 595. The van der Waals surface area contributed by atoms with E-state index in [1.54, 1.807) is 12.1 Å². The van der Waals surface area contributed by atoms with E-state index in [4.69, 9.17) is 10.2 Å². The average molecular weight is 234 g/mol. The normalized spacial score (nSPS) is 10.4. The van der Waals surface area contributed by atoms with E-state index in [1.807, 2.05) is 0 Å². The fraction of sp³-hybridized carbons (Fsp3) is 0.0909. The van der Waals surface area contributed by atoms with Crippen LogP contribution >= 0.6 is 0 Å². The fourth-order valence-corrected chi connectivity index (χ4v) is 1.46. The minimum atomic E-state index is -1.25. The van der Waals surface area contributed by atoms with E-state index >= 15 is 0 Å². The minimum absolute atomic E-state index is 0.138. The van der Waals surface area contributed by atoms with Gasteiger partial charge in [-0.15, -0.1) is 0 Å². The van der Waals surface area contributed by atoms with Crippen molar-refractivity contribution < 1.29 is 15.0 Å². The zero-order valence-electron chi connectivity index (χ0n) is 8.75. The number of aromatic hydroxyl groups is 1. The molecule has 0 aliphatic carbocycles. The van der Waals surface area contributed by atoms with Crippen LogP contribution in [0.4, 0.5) is 0 Å². The van der Waals surface area contributed by atoms with Crippen LogP contribution in [0.3, 0.4) is 0 Å². The number of aromatic amines is 1. The quantitative estimate of drug-likeness (QED) is 0.725. The molecule has 0 bridgehead atoms. The lowest BCUT2D eigenvalue weighted by molar-refractivity contribution is 0.0695. The Labute approximate surface area is 95.7 Å². The number of phenolic OH excluding ortho intramolecular Hbond substituents is 1. The van der Waals surface area contributed by atoms with Gasteiger partial charge in [0, 0.05) is 6.20 Å². The molecule has 88 valence electrons. The van der Waals surface area contributed by atoms with Gasteiger partial charge in [-0.3, -0.25) is 4.79 Å². The number of benzene rings is 1. The number of rotatable bonds is 3. The Balaban J connectivity index is 2.28. The Hall–Kier alpha value is -2.50. The zero-order valence-corrected chi connectivity index (χ0v) is 8.75. The van der Waals surface area contributed by atoms with Gasteiger partial charge in [-0.2, -0.15) is 0 Å². The smallest absolute Gasteiger partial charge is 0.342 e. The summed E-state index contributed by atoms with van der Waals surface area (Å²) in [6.07, 6.45) is 1.16. The molecule has 1 aromatic carbocycles. The van der Waals surface area contributed by atoms with Gasteiger partial charge in [0.1, 0.15) is 11.3 Å². The first-order valence-electron chi connectivity index (χ1n) is 4.87. The fourth-order valence-electron chi connectivity index (χ4n) is 1.46. The van der Waals surface area contributed by atoms with Crippen molar-refractivity contribution in [3.8, 4) is 5.75 Å². The summed E-state index contributed by atoms with van der Waals surface area (Å²) in [6.45, 7) is 0.229. The van der Waals surface area contributed by atoms with Crippen molar-refractivity contribution in [1.29, 1.82) is 0 Å². The van der Waals surface area contributed by atoms with Gasteiger partial charge < -0.3 is 15.3 Å². The monoisotopic (exact) mass is 234 g/mol. The van der Waals surface area contributed by atoms with Crippen LogP contribution in [-0.2, 0) is 6.54 Å². The predicted octanol–water partition coefficient (Wildman–Crippen LogP) is 0.629. The second kappa shape index (κ2) is 4.17. The van der Waals surface area contributed by atoms with Crippen molar-refractivity contribution in [2.75, 3.05) is 0 Å². The summed E-state index contributed by atoms with van der Waals surface area (Å²) in [7, 11) is 0. The number of nitrogens with zero attached hydrogens (tertiary/aromatic N) is 1. The number of phenols is 1. The molecule has 3 N–H and O–H groups in total. The molecule has 6 heteroatoms. The maximum atomic E-state index is 11.6. The summed E-state index contributed by atoms with van der Waals surface area (Å²) in [5.41, 5.74) is -0.0851. The van der Waals surface area contributed by atoms with E-state index in [1.165, 1.54) is 16.8 Å². The molecular weight excluding hydrogens is 224 g/mol. The number of carboxylic acid groups (broad SMARTS) is 1. The highest BCUT2D eigenvalue weighted by molar-refractivity contribution is 5.86. The van der Waals surface area contributed by atoms with Crippen LogP contribution in [0.2, 0.25) is 0 Å². The molecule has 0 aliphatic rings. The topological polar surface area (TPSA) is 95.3 Å². The lowest BCUT2D eigenvalue weighted by Gasteiger charge is -2.01. The third-order valence-corrected chi connectivity index (χ3v) is 2.35. The standard InChI is InChI=1S/C11H10N2O4/c14-8-3-1-7(2-4-8)6-13-10(15)9(5-12-13)11(16)17/h1-5,12,14H,6H2,(H,16,17). The van der Waals surface area contributed by atoms with Gasteiger partial charge in [-0.25, -0.2) is 9.48 Å². The van der Waals surface area contributed by atoms with Crippen molar-refractivity contribution in [3.05, 3.63) is 51.9 Å². The van der Waals surface area contributed by atoms with Crippen molar-refractivity contribution >= 4 is 5.97 Å². The number of carbonyl (C=O) groups is 1. The van der Waals surface area contributed by atoms with Crippen LogP contribution < -0.4 is 5.56 Å². The van der Waals surface area contributed by atoms with Gasteiger partial charge in [0.25, 0.3) is 5.56 Å². The molecule has 1 heterocycles. The Morgan fingerprint density at radius 1 is 1.29 bits per heavy atom. The van der Waals surface area contributed by atoms with Gasteiger partial charge in [0.05, 0.1) is 6.54 Å². The first-order chi connectivity index (χ1) is 8.08. The number of aromatic nitrogens is 2. The maximum Gasteiger partial charge on any atom is 0.342 e. The zero-order chi connectivity index (χ0) is 12.4. The van der Waals surface area contributed by atoms with Crippen LogP contribution in [0, 0.1) is 0 Å². The number of carboxylic acids is 1. The lowest BCUT2D eigenvalue weighted by Crippen LogP contribution is -2.21. The van der Waals surface area contributed by atoms with E-state index in [2.05, 4.69) is 5.10 Å². The summed E-state index contributed by atoms with van der Waals surface area (Å²) in [5, 5.41) is 20.4. The maximum absolute atomic E-state index is 11.6. The predicted molar refractivity (Wildman–Crippen MR) is 59.2 cm³/mol. The Kier molecular flexibility index (Phi) is 2.70. The van der Waals surface area contributed by atoms with Crippen LogP contribution in [0.5, 0.6) is 5.75 Å². The Morgan fingerprint density at radius 2 is 1.94 bits per heavy atom. The van der Waals surface area contributed by atoms with Gasteiger partial charge in [0.15, 0.2) is 0 Å². The van der Waals surface area contributed by atoms with E-state index in [0.29, 0.717) is 0 Å². The van der Waals surface area contributed by atoms with Gasteiger partial charge in [-0.05, 0) is 17.7 Å². The van der Waals surface area contributed by atoms with Crippen molar-refractivity contribution in [3.63, 3.8) is 0 Å². The number of H-pyrrole nitrogens is 1. The first kappa shape index (κ1) is 11.0. The van der Waals surface area contributed by atoms with Crippen LogP contribution in [0.25, 0.3) is 0 Å². The van der Waals surface area contributed by atoms with Crippen molar-refractivity contribution in [2.24, 2.45) is 0 Å². The lowest BCUT2D eigenvalue weighted by atomic mass is 10.2. The van der Waals surface area contributed by atoms with Gasteiger partial charge >= 0.3 is 5.97 Å². The summed E-state index contributed by atoms with van der Waals surface area (Å²) in [6, 6.07) is 6.31. The van der Waals surface area contributed by atoms with Crippen molar-refractivity contribution in [1.82, 2.24) is 9.78 Å². The molecule has 0 atom stereocenters. The molecule has 0 fully saturated rings. The molecule has 0 aliphatic heterocycles. The van der Waals surface area contributed by atoms with E-state index in [-0.39, 0.29) is 17.9 Å². The molecule has 2 aromatic rings. The Morgan fingerprint density at radius 3 is 2.47 bits per heavy atom. The summed E-state index contributed by atoms with van der Waals surface area (Å²) in [4.78, 5) is 22.2. The van der Waals surface area contributed by atoms with Crippen LogP contribution in [0.15, 0.2) is 35.3 Å².